The standard InChI is InChI=1S/C32H41N3O3/c1-31(2)21-24-7-5-8-25(29(24)38-31)22-34-16-12-32(13-17-34)14-18-35(19-15-32)30(37)27-9-4-3-6-23(27)20-28(36)33-26-10-11-26/h3-9,26H,10-22H2,1-2H3,(H,33,36). The molecule has 2 aromatic rings. The van der Waals surface area contributed by atoms with Crippen molar-refractivity contribution in [3.63, 3.8) is 0 Å². The van der Waals surface area contributed by atoms with E-state index in [-0.39, 0.29) is 23.8 Å². The van der Waals surface area contributed by atoms with Gasteiger partial charge in [-0.25, -0.2) is 0 Å². The summed E-state index contributed by atoms with van der Waals surface area (Å²) in [5, 5.41) is 3.05. The van der Waals surface area contributed by atoms with Gasteiger partial charge in [-0.3, -0.25) is 14.5 Å². The molecule has 1 saturated carbocycles. The van der Waals surface area contributed by atoms with Crippen molar-refractivity contribution in [3.8, 4) is 5.75 Å². The second-order valence-corrected chi connectivity index (χ2v) is 12.7. The molecule has 2 saturated heterocycles. The van der Waals surface area contributed by atoms with Crippen LogP contribution in [0.1, 0.15) is 79.4 Å². The van der Waals surface area contributed by atoms with Crippen LogP contribution in [0.3, 0.4) is 0 Å². The van der Waals surface area contributed by atoms with Crippen molar-refractivity contribution in [1.29, 1.82) is 0 Å². The summed E-state index contributed by atoms with van der Waals surface area (Å²) in [6.45, 7) is 9.09. The number of carbonyl (C=O) groups excluding carboxylic acids is 2. The van der Waals surface area contributed by atoms with Gasteiger partial charge in [-0.2, -0.15) is 0 Å². The first-order valence-electron chi connectivity index (χ1n) is 14.5. The number of rotatable bonds is 6. The Kier molecular flexibility index (Phi) is 6.71. The first kappa shape index (κ1) is 25.4. The first-order chi connectivity index (χ1) is 18.3. The van der Waals surface area contributed by atoms with E-state index in [0.717, 1.165) is 76.1 Å². The predicted octanol–water partition coefficient (Wildman–Crippen LogP) is 4.74. The molecule has 6 rings (SSSR count). The summed E-state index contributed by atoms with van der Waals surface area (Å²) in [6.07, 6.45) is 7.90. The summed E-state index contributed by atoms with van der Waals surface area (Å²) < 4.78 is 6.31. The molecule has 38 heavy (non-hydrogen) atoms. The number of hydrogen-bond acceptors (Lipinski definition) is 4. The van der Waals surface area contributed by atoms with Crippen molar-refractivity contribution in [2.75, 3.05) is 26.2 Å². The predicted molar refractivity (Wildman–Crippen MR) is 148 cm³/mol. The zero-order valence-corrected chi connectivity index (χ0v) is 22.9. The molecule has 6 nitrogen and oxygen atoms in total. The molecule has 202 valence electrons. The van der Waals surface area contributed by atoms with E-state index in [1.807, 2.05) is 29.2 Å². The number of fused-ring (bicyclic) bond motifs is 1. The number of piperidine rings is 2. The van der Waals surface area contributed by atoms with Gasteiger partial charge >= 0.3 is 0 Å². The Labute approximate surface area is 226 Å². The van der Waals surface area contributed by atoms with Gasteiger partial charge in [-0.05, 0) is 88.1 Å². The van der Waals surface area contributed by atoms with Gasteiger partial charge in [0.15, 0.2) is 0 Å². The molecule has 1 aliphatic carbocycles. The Balaban J connectivity index is 1.03. The largest absolute Gasteiger partial charge is 0.487 e. The Morgan fingerprint density at radius 2 is 1.61 bits per heavy atom. The summed E-state index contributed by atoms with van der Waals surface area (Å²) in [7, 11) is 0. The van der Waals surface area contributed by atoms with Crippen LogP contribution in [0.25, 0.3) is 0 Å². The van der Waals surface area contributed by atoms with Crippen LogP contribution in [0.2, 0.25) is 0 Å². The number of nitrogens with one attached hydrogen (secondary N) is 1. The Morgan fingerprint density at radius 1 is 0.921 bits per heavy atom. The van der Waals surface area contributed by atoms with Crippen LogP contribution in [0.4, 0.5) is 0 Å². The number of para-hydroxylation sites is 1. The van der Waals surface area contributed by atoms with E-state index < -0.39 is 0 Å². The lowest BCUT2D eigenvalue weighted by atomic mass is 9.71. The minimum atomic E-state index is -0.112. The molecule has 2 aromatic carbocycles. The molecule has 4 aliphatic rings. The number of ether oxygens (including phenoxy) is 1. The average Bonchev–Trinajstić information content (AvgIpc) is 3.65. The van der Waals surface area contributed by atoms with Crippen molar-refractivity contribution < 1.29 is 14.3 Å². The molecular formula is C32H41N3O3. The third kappa shape index (κ3) is 5.47. The van der Waals surface area contributed by atoms with Crippen molar-refractivity contribution >= 4 is 11.8 Å². The summed E-state index contributed by atoms with van der Waals surface area (Å²) in [4.78, 5) is 30.5. The van der Waals surface area contributed by atoms with Crippen LogP contribution in [0.15, 0.2) is 42.5 Å². The summed E-state index contributed by atoms with van der Waals surface area (Å²) in [5.74, 6) is 1.20. The van der Waals surface area contributed by atoms with Crippen LogP contribution >= 0.6 is 0 Å². The van der Waals surface area contributed by atoms with E-state index in [9.17, 15) is 9.59 Å². The van der Waals surface area contributed by atoms with Gasteiger partial charge in [0.1, 0.15) is 11.4 Å². The Morgan fingerprint density at radius 3 is 2.34 bits per heavy atom. The molecule has 1 N–H and O–H groups in total. The highest BCUT2D eigenvalue weighted by atomic mass is 16.5. The van der Waals surface area contributed by atoms with E-state index in [1.54, 1.807) is 0 Å². The Bertz CT molecular complexity index is 1200. The van der Waals surface area contributed by atoms with Crippen molar-refractivity contribution in [2.24, 2.45) is 5.41 Å². The highest BCUT2D eigenvalue weighted by molar-refractivity contribution is 5.97. The zero-order valence-electron chi connectivity index (χ0n) is 22.9. The normalized spacial score (nSPS) is 22.1. The monoisotopic (exact) mass is 515 g/mol. The zero-order chi connectivity index (χ0) is 26.3. The van der Waals surface area contributed by atoms with Crippen molar-refractivity contribution in [1.82, 2.24) is 15.1 Å². The van der Waals surface area contributed by atoms with Gasteiger partial charge in [0.25, 0.3) is 5.91 Å². The number of nitrogens with zero attached hydrogens (tertiary/aromatic N) is 2. The molecule has 3 fully saturated rings. The molecule has 1 spiro atoms. The fourth-order valence-electron chi connectivity index (χ4n) is 6.65. The molecule has 2 amide bonds. The van der Waals surface area contributed by atoms with Gasteiger partial charge in [-0.15, -0.1) is 0 Å². The molecular weight excluding hydrogens is 474 g/mol. The van der Waals surface area contributed by atoms with Crippen LogP contribution in [0, 0.1) is 5.41 Å². The SMILES string of the molecule is CC1(C)Cc2cccc(CN3CCC4(CC3)CCN(C(=O)c3ccccc3CC(=O)NC3CC3)CC4)c2O1. The summed E-state index contributed by atoms with van der Waals surface area (Å²) >= 11 is 0. The second kappa shape index (κ2) is 10.0. The molecule has 6 heteroatoms. The molecule has 0 atom stereocenters. The quantitative estimate of drug-likeness (QED) is 0.604. The van der Waals surface area contributed by atoms with Gasteiger partial charge in [0, 0.05) is 43.2 Å². The minimum absolute atomic E-state index is 0.0211. The number of carbonyl (C=O) groups is 2. The van der Waals surface area contributed by atoms with Gasteiger partial charge in [-0.1, -0.05) is 36.4 Å². The lowest BCUT2D eigenvalue weighted by Gasteiger charge is -2.47. The lowest BCUT2D eigenvalue weighted by Crippen LogP contribution is -2.48. The topological polar surface area (TPSA) is 61.9 Å². The van der Waals surface area contributed by atoms with Crippen molar-refractivity contribution in [3.05, 3.63) is 64.7 Å². The summed E-state index contributed by atoms with van der Waals surface area (Å²) in [5.41, 5.74) is 4.40. The number of benzene rings is 2. The number of likely N-dealkylation sites (tertiary alicyclic amines) is 2. The highest BCUT2D eigenvalue weighted by Crippen LogP contribution is 2.43. The fraction of sp³-hybridized carbons (Fsp3) is 0.562. The van der Waals surface area contributed by atoms with Crippen LogP contribution in [-0.2, 0) is 24.2 Å². The van der Waals surface area contributed by atoms with E-state index in [1.165, 1.54) is 24.0 Å². The maximum atomic E-state index is 13.5. The van der Waals surface area contributed by atoms with Gasteiger partial charge < -0.3 is 15.0 Å². The fourth-order valence-corrected chi connectivity index (χ4v) is 6.65. The van der Waals surface area contributed by atoms with Gasteiger partial charge in [0.2, 0.25) is 5.91 Å². The molecule has 3 heterocycles. The minimum Gasteiger partial charge on any atom is -0.487 e. The number of amides is 2. The first-order valence-corrected chi connectivity index (χ1v) is 14.5. The maximum absolute atomic E-state index is 13.5. The van der Waals surface area contributed by atoms with Crippen LogP contribution in [-0.4, -0.2) is 59.4 Å². The Hall–Kier alpha value is -2.86. The van der Waals surface area contributed by atoms with Crippen molar-refractivity contribution in [2.45, 2.75) is 83.4 Å². The van der Waals surface area contributed by atoms with Crippen LogP contribution < -0.4 is 10.1 Å². The molecule has 0 radical (unpaired) electrons. The highest BCUT2D eigenvalue weighted by Gasteiger charge is 2.39. The number of hydrogen-bond donors (Lipinski definition) is 1. The smallest absolute Gasteiger partial charge is 0.254 e. The van der Waals surface area contributed by atoms with Gasteiger partial charge in [0.05, 0.1) is 6.42 Å². The lowest BCUT2D eigenvalue weighted by molar-refractivity contribution is -0.120. The molecule has 3 aliphatic heterocycles. The average molecular weight is 516 g/mol. The van der Waals surface area contributed by atoms with Crippen LogP contribution in [0.5, 0.6) is 5.75 Å². The molecule has 0 unspecified atom stereocenters. The third-order valence-corrected chi connectivity index (χ3v) is 9.14. The van der Waals surface area contributed by atoms with E-state index in [0.29, 0.717) is 17.0 Å². The van der Waals surface area contributed by atoms with E-state index in [2.05, 4.69) is 42.3 Å². The summed E-state index contributed by atoms with van der Waals surface area (Å²) in [6, 6.07) is 14.6. The molecule has 0 bridgehead atoms. The molecule has 0 aromatic heterocycles. The third-order valence-electron chi connectivity index (χ3n) is 9.14. The van der Waals surface area contributed by atoms with E-state index in [4.69, 9.17) is 4.74 Å². The second-order valence-electron chi connectivity index (χ2n) is 12.7. The van der Waals surface area contributed by atoms with E-state index >= 15 is 0 Å². The maximum Gasteiger partial charge on any atom is 0.254 e.